The summed E-state index contributed by atoms with van der Waals surface area (Å²) in [5.74, 6) is 0. The van der Waals surface area contributed by atoms with E-state index >= 15 is 0 Å². The van der Waals surface area contributed by atoms with Gasteiger partial charge in [-0.1, -0.05) is 12.1 Å². The van der Waals surface area contributed by atoms with Crippen LogP contribution in [-0.2, 0) is 6.54 Å². The summed E-state index contributed by atoms with van der Waals surface area (Å²) in [6.45, 7) is 1.31. The third-order valence-corrected chi connectivity index (χ3v) is 4.51. The summed E-state index contributed by atoms with van der Waals surface area (Å²) < 4.78 is 0. The molecule has 2 aromatic heterocycles. The smallest absolute Gasteiger partial charge is 0.318 e. The van der Waals surface area contributed by atoms with Crippen LogP contribution in [0.25, 0.3) is 0 Å². The summed E-state index contributed by atoms with van der Waals surface area (Å²) in [4.78, 5) is 19.7. The van der Waals surface area contributed by atoms with Crippen molar-refractivity contribution >= 4 is 17.4 Å². The minimum atomic E-state index is 0.00607. The fourth-order valence-corrected chi connectivity index (χ4v) is 3.43. The van der Waals surface area contributed by atoms with Crippen molar-refractivity contribution < 1.29 is 4.79 Å². The van der Waals surface area contributed by atoms with Gasteiger partial charge in [0.1, 0.15) is 0 Å². The van der Waals surface area contributed by atoms with E-state index in [1.807, 2.05) is 29.2 Å². The number of hydrogen-bond acceptors (Lipinski definition) is 3. The zero-order chi connectivity index (χ0) is 13.8. The maximum absolute atomic E-state index is 12.3. The Kier molecular flexibility index (Phi) is 3.97. The second-order valence-electron chi connectivity index (χ2n) is 4.85. The Bertz CT molecular complexity index is 556. The van der Waals surface area contributed by atoms with E-state index in [1.165, 1.54) is 4.88 Å². The van der Waals surface area contributed by atoms with E-state index in [4.69, 9.17) is 0 Å². The minimum absolute atomic E-state index is 0.00607. The number of aromatic nitrogens is 1. The molecular formula is C15H17N3OS. The van der Waals surface area contributed by atoms with E-state index in [-0.39, 0.29) is 12.1 Å². The molecule has 0 radical (unpaired) electrons. The summed E-state index contributed by atoms with van der Waals surface area (Å²) in [6.07, 6.45) is 3.86. The Balaban J connectivity index is 1.62. The number of carbonyl (C=O) groups excluding carboxylic acids is 1. The van der Waals surface area contributed by atoms with Crippen molar-refractivity contribution in [1.82, 2.24) is 15.2 Å². The molecule has 0 unspecified atom stereocenters. The van der Waals surface area contributed by atoms with Crippen LogP contribution in [0.3, 0.4) is 0 Å². The van der Waals surface area contributed by atoms with E-state index < -0.39 is 0 Å². The van der Waals surface area contributed by atoms with Gasteiger partial charge >= 0.3 is 6.03 Å². The van der Waals surface area contributed by atoms with Gasteiger partial charge in [-0.25, -0.2) is 4.79 Å². The minimum Gasteiger partial charge on any atom is -0.332 e. The van der Waals surface area contributed by atoms with Crippen LogP contribution in [0.4, 0.5) is 4.79 Å². The van der Waals surface area contributed by atoms with E-state index in [2.05, 4.69) is 21.7 Å². The van der Waals surface area contributed by atoms with Crippen LogP contribution >= 0.6 is 11.3 Å². The molecule has 1 fully saturated rings. The highest BCUT2D eigenvalue weighted by Crippen LogP contribution is 2.34. The van der Waals surface area contributed by atoms with Crippen LogP contribution in [-0.4, -0.2) is 22.5 Å². The largest absolute Gasteiger partial charge is 0.332 e. The number of amides is 2. The molecule has 0 bridgehead atoms. The number of pyridine rings is 1. The molecule has 0 aromatic carbocycles. The predicted molar refractivity (Wildman–Crippen MR) is 79.5 cm³/mol. The number of nitrogens with zero attached hydrogens (tertiary/aromatic N) is 2. The molecule has 104 valence electrons. The second-order valence-corrected chi connectivity index (χ2v) is 5.83. The van der Waals surface area contributed by atoms with Gasteiger partial charge in [-0.15, -0.1) is 11.3 Å². The van der Waals surface area contributed by atoms with Crippen molar-refractivity contribution in [1.29, 1.82) is 0 Å². The third-order valence-electron chi connectivity index (χ3n) is 3.53. The lowest BCUT2D eigenvalue weighted by atomic mass is 10.2. The van der Waals surface area contributed by atoms with Gasteiger partial charge in [-0.2, -0.15) is 0 Å². The Morgan fingerprint density at radius 3 is 3.10 bits per heavy atom. The maximum Gasteiger partial charge on any atom is 0.318 e. The molecule has 1 N–H and O–H groups in total. The Labute approximate surface area is 122 Å². The Morgan fingerprint density at radius 2 is 2.35 bits per heavy atom. The highest BCUT2D eigenvalue weighted by molar-refractivity contribution is 7.10. The number of urea groups is 1. The third kappa shape index (κ3) is 2.82. The molecule has 1 saturated heterocycles. The number of carbonyl (C=O) groups is 1. The molecule has 5 heteroatoms. The Morgan fingerprint density at radius 1 is 1.40 bits per heavy atom. The summed E-state index contributed by atoms with van der Waals surface area (Å²) in [5, 5.41) is 5.03. The van der Waals surface area contributed by atoms with Crippen LogP contribution in [0.1, 0.15) is 29.5 Å². The maximum atomic E-state index is 12.3. The predicted octanol–water partition coefficient (Wildman–Crippen LogP) is 3.19. The molecule has 0 saturated carbocycles. The first kappa shape index (κ1) is 13.1. The summed E-state index contributed by atoms with van der Waals surface area (Å²) >= 11 is 1.72. The number of nitrogens with one attached hydrogen (secondary N) is 1. The van der Waals surface area contributed by atoms with Gasteiger partial charge in [0.15, 0.2) is 0 Å². The first-order valence-electron chi connectivity index (χ1n) is 6.82. The SMILES string of the molecule is O=C(NCc1ccccn1)N1CCC[C@H]1c1cccs1. The van der Waals surface area contributed by atoms with Gasteiger partial charge in [0.25, 0.3) is 0 Å². The molecule has 1 atom stereocenters. The second kappa shape index (κ2) is 6.05. The van der Waals surface area contributed by atoms with Gasteiger partial charge in [0.05, 0.1) is 18.3 Å². The topological polar surface area (TPSA) is 45.2 Å². The molecule has 4 nitrogen and oxygen atoms in total. The normalized spacial score (nSPS) is 18.2. The van der Waals surface area contributed by atoms with E-state index in [9.17, 15) is 4.79 Å². The molecule has 2 amide bonds. The average molecular weight is 287 g/mol. The lowest BCUT2D eigenvalue weighted by Crippen LogP contribution is -2.39. The monoisotopic (exact) mass is 287 g/mol. The average Bonchev–Trinajstić information content (AvgIpc) is 3.15. The Hall–Kier alpha value is -1.88. The fraction of sp³-hybridized carbons (Fsp3) is 0.333. The van der Waals surface area contributed by atoms with Gasteiger partial charge in [0.2, 0.25) is 0 Å². The van der Waals surface area contributed by atoms with Crippen molar-refractivity contribution in [2.24, 2.45) is 0 Å². The van der Waals surface area contributed by atoms with E-state index in [1.54, 1.807) is 17.5 Å². The standard InChI is InChI=1S/C15H17N3OS/c19-15(17-11-12-5-1-2-8-16-12)18-9-3-6-13(18)14-7-4-10-20-14/h1-2,4-5,7-8,10,13H,3,6,9,11H2,(H,17,19)/t13-/m0/s1. The lowest BCUT2D eigenvalue weighted by Gasteiger charge is -2.24. The van der Waals surface area contributed by atoms with Gasteiger partial charge in [-0.05, 0) is 36.4 Å². The molecule has 0 spiro atoms. The fourth-order valence-electron chi connectivity index (χ4n) is 2.56. The zero-order valence-electron chi connectivity index (χ0n) is 11.2. The molecule has 3 rings (SSSR count). The number of likely N-dealkylation sites (tertiary alicyclic amines) is 1. The molecule has 1 aliphatic rings. The lowest BCUT2D eigenvalue weighted by molar-refractivity contribution is 0.193. The number of rotatable bonds is 3. The van der Waals surface area contributed by atoms with Gasteiger partial charge in [0, 0.05) is 17.6 Å². The first-order valence-corrected chi connectivity index (χ1v) is 7.70. The van der Waals surface area contributed by atoms with Crippen LogP contribution < -0.4 is 5.32 Å². The van der Waals surface area contributed by atoms with Crippen molar-refractivity contribution in [3.63, 3.8) is 0 Å². The number of thiophene rings is 1. The summed E-state index contributed by atoms with van der Waals surface area (Å²) in [5.41, 5.74) is 0.882. The number of hydrogen-bond donors (Lipinski definition) is 1. The quantitative estimate of drug-likeness (QED) is 0.942. The molecule has 2 aromatic rings. The molecule has 1 aliphatic heterocycles. The highest BCUT2D eigenvalue weighted by Gasteiger charge is 2.30. The zero-order valence-corrected chi connectivity index (χ0v) is 12.0. The van der Waals surface area contributed by atoms with Crippen molar-refractivity contribution in [2.45, 2.75) is 25.4 Å². The summed E-state index contributed by atoms with van der Waals surface area (Å²) in [7, 11) is 0. The first-order chi connectivity index (χ1) is 9.84. The molecule has 3 heterocycles. The molecule has 0 aliphatic carbocycles. The molecular weight excluding hydrogens is 270 g/mol. The van der Waals surface area contributed by atoms with Crippen LogP contribution in [0, 0.1) is 0 Å². The van der Waals surface area contributed by atoms with Crippen molar-refractivity contribution in [3.8, 4) is 0 Å². The van der Waals surface area contributed by atoms with Crippen LogP contribution in [0.2, 0.25) is 0 Å². The van der Waals surface area contributed by atoms with Crippen LogP contribution in [0.15, 0.2) is 41.9 Å². The van der Waals surface area contributed by atoms with Crippen LogP contribution in [0.5, 0.6) is 0 Å². The van der Waals surface area contributed by atoms with Crippen molar-refractivity contribution in [3.05, 3.63) is 52.5 Å². The molecule has 20 heavy (non-hydrogen) atoms. The van der Waals surface area contributed by atoms with Gasteiger partial charge < -0.3 is 10.2 Å². The van der Waals surface area contributed by atoms with Crippen molar-refractivity contribution in [2.75, 3.05) is 6.54 Å². The van der Waals surface area contributed by atoms with E-state index in [0.29, 0.717) is 6.54 Å². The van der Waals surface area contributed by atoms with Gasteiger partial charge in [-0.3, -0.25) is 4.98 Å². The summed E-state index contributed by atoms with van der Waals surface area (Å²) in [6, 6.07) is 10.1. The van der Waals surface area contributed by atoms with E-state index in [0.717, 1.165) is 25.1 Å². The highest BCUT2D eigenvalue weighted by atomic mass is 32.1.